The predicted molar refractivity (Wildman–Crippen MR) is 146 cm³/mol. The van der Waals surface area contributed by atoms with Crippen molar-refractivity contribution in [3.63, 3.8) is 0 Å². The standard InChI is InChI=1S/C26H27N3O4S3/c1-16(2)7-12-21-23(17-8-10-19(11-9-17)36(4,31)32)35-26(28-21)29-24-20(25(30)33-3)14-18(15-27-24)22-6-5-13-34-22/h5-6,8-11,13-16H,7,12H2,1-4H3,(H,27,28,29). The van der Waals surface area contributed by atoms with Crippen molar-refractivity contribution in [3.8, 4) is 20.9 Å². The van der Waals surface area contributed by atoms with Crippen molar-refractivity contribution in [2.75, 3.05) is 18.7 Å². The zero-order valence-corrected chi connectivity index (χ0v) is 22.9. The van der Waals surface area contributed by atoms with Gasteiger partial charge in [-0.25, -0.2) is 23.2 Å². The summed E-state index contributed by atoms with van der Waals surface area (Å²) in [6.45, 7) is 4.32. The van der Waals surface area contributed by atoms with Crippen LogP contribution in [0.3, 0.4) is 0 Å². The zero-order chi connectivity index (χ0) is 25.9. The van der Waals surface area contributed by atoms with Crippen molar-refractivity contribution in [3.05, 3.63) is 65.3 Å². The summed E-state index contributed by atoms with van der Waals surface area (Å²) in [6.07, 6.45) is 4.64. The molecule has 7 nitrogen and oxygen atoms in total. The number of thiophene rings is 1. The number of thiazole rings is 1. The van der Waals surface area contributed by atoms with Crippen LogP contribution in [0.15, 0.2) is 58.9 Å². The summed E-state index contributed by atoms with van der Waals surface area (Å²) < 4.78 is 28.8. The molecule has 36 heavy (non-hydrogen) atoms. The van der Waals surface area contributed by atoms with Gasteiger partial charge in [-0.1, -0.05) is 43.4 Å². The molecule has 188 valence electrons. The highest BCUT2D eigenvalue weighted by atomic mass is 32.2. The van der Waals surface area contributed by atoms with Gasteiger partial charge in [-0.05, 0) is 54.0 Å². The molecule has 0 spiro atoms. The van der Waals surface area contributed by atoms with E-state index in [4.69, 9.17) is 9.72 Å². The molecule has 0 bridgehead atoms. The van der Waals surface area contributed by atoms with Gasteiger partial charge in [0.25, 0.3) is 0 Å². The van der Waals surface area contributed by atoms with Gasteiger partial charge < -0.3 is 10.1 Å². The molecule has 4 rings (SSSR count). The minimum atomic E-state index is -3.28. The van der Waals surface area contributed by atoms with Crippen molar-refractivity contribution >= 4 is 49.4 Å². The lowest BCUT2D eigenvalue weighted by molar-refractivity contribution is 0.0601. The summed E-state index contributed by atoms with van der Waals surface area (Å²) in [5, 5.41) is 5.78. The Morgan fingerprint density at radius 2 is 1.89 bits per heavy atom. The number of hydrogen-bond donors (Lipinski definition) is 1. The van der Waals surface area contributed by atoms with Gasteiger partial charge in [0.1, 0.15) is 11.4 Å². The number of nitrogens with zero attached hydrogens (tertiary/aromatic N) is 2. The molecule has 0 atom stereocenters. The molecule has 3 aromatic heterocycles. The highest BCUT2D eigenvalue weighted by molar-refractivity contribution is 7.90. The van der Waals surface area contributed by atoms with Crippen molar-refractivity contribution in [1.82, 2.24) is 9.97 Å². The Kier molecular flexibility index (Phi) is 7.87. The summed E-state index contributed by atoms with van der Waals surface area (Å²) in [5.41, 5.74) is 2.96. The monoisotopic (exact) mass is 541 g/mol. The molecule has 0 fully saturated rings. The number of benzene rings is 1. The van der Waals surface area contributed by atoms with Crippen molar-refractivity contribution < 1.29 is 17.9 Å². The maximum atomic E-state index is 12.6. The first-order valence-electron chi connectivity index (χ1n) is 11.3. The third kappa shape index (κ3) is 6.00. The van der Waals surface area contributed by atoms with E-state index in [1.807, 2.05) is 17.5 Å². The smallest absolute Gasteiger partial charge is 0.341 e. The number of hydrogen-bond acceptors (Lipinski definition) is 9. The summed E-state index contributed by atoms with van der Waals surface area (Å²) in [6, 6.07) is 12.5. The van der Waals surface area contributed by atoms with Gasteiger partial charge in [0.2, 0.25) is 0 Å². The van der Waals surface area contributed by atoms with Crippen molar-refractivity contribution in [2.45, 2.75) is 31.6 Å². The quantitative estimate of drug-likeness (QED) is 0.243. The SMILES string of the molecule is COC(=O)c1cc(-c2cccs2)cnc1Nc1nc(CCC(C)C)c(-c2ccc(S(C)(=O)=O)cc2)s1. The van der Waals surface area contributed by atoms with Crippen LogP contribution in [0.5, 0.6) is 0 Å². The number of esters is 1. The van der Waals surface area contributed by atoms with Crippen LogP contribution < -0.4 is 5.32 Å². The second-order valence-corrected chi connectivity index (χ2v) is 12.7. The predicted octanol–water partition coefficient (Wildman–Crippen LogP) is 6.46. The normalized spacial score (nSPS) is 11.6. The Hall–Kier alpha value is -3.08. The number of nitrogens with one attached hydrogen (secondary N) is 1. The van der Waals surface area contributed by atoms with E-state index in [-0.39, 0.29) is 4.90 Å². The first-order valence-corrected chi connectivity index (χ1v) is 14.9. The second-order valence-electron chi connectivity index (χ2n) is 8.74. The highest BCUT2D eigenvalue weighted by Crippen LogP contribution is 2.37. The molecule has 3 heterocycles. The van der Waals surface area contributed by atoms with Crippen LogP contribution in [0, 0.1) is 5.92 Å². The number of aromatic nitrogens is 2. The minimum absolute atomic E-state index is 0.274. The Labute approximate surface area is 219 Å². The van der Waals surface area contributed by atoms with E-state index < -0.39 is 15.8 Å². The number of carbonyl (C=O) groups is 1. The van der Waals surface area contributed by atoms with E-state index in [9.17, 15) is 13.2 Å². The third-order valence-electron chi connectivity index (χ3n) is 5.52. The van der Waals surface area contributed by atoms with Gasteiger partial charge in [0, 0.05) is 22.9 Å². The summed E-state index contributed by atoms with van der Waals surface area (Å²) in [4.78, 5) is 24.1. The van der Waals surface area contributed by atoms with Gasteiger partial charge in [-0.3, -0.25) is 0 Å². The van der Waals surface area contributed by atoms with Crippen LogP contribution in [-0.4, -0.2) is 37.7 Å². The van der Waals surface area contributed by atoms with E-state index in [0.29, 0.717) is 22.4 Å². The average molecular weight is 542 g/mol. The molecule has 0 aliphatic carbocycles. The number of sulfone groups is 1. The van der Waals surface area contributed by atoms with Crippen LogP contribution >= 0.6 is 22.7 Å². The molecule has 0 aliphatic rings. The fourth-order valence-corrected chi connectivity index (χ4v) is 5.94. The first-order chi connectivity index (χ1) is 17.2. The third-order valence-corrected chi connectivity index (χ3v) is 8.63. The molecule has 0 radical (unpaired) electrons. The number of rotatable bonds is 9. The van der Waals surface area contributed by atoms with E-state index >= 15 is 0 Å². The zero-order valence-electron chi connectivity index (χ0n) is 20.4. The Balaban J connectivity index is 1.71. The topological polar surface area (TPSA) is 98.2 Å². The van der Waals surface area contributed by atoms with Crippen molar-refractivity contribution in [1.29, 1.82) is 0 Å². The van der Waals surface area contributed by atoms with E-state index in [1.165, 1.54) is 24.7 Å². The van der Waals surface area contributed by atoms with Crippen molar-refractivity contribution in [2.24, 2.45) is 5.92 Å². The molecular weight excluding hydrogens is 515 g/mol. The average Bonchev–Trinajstić information content (AvgIpc) is 3.52. The van der Waals surface area contributed by atoms with Crippen LogP contribution in [0.4, 0.5) is 10.9 Å². The van der Waals surface area contributed by atoms with Crippen LogP contribution in [0.1, 0.15) is 36.3 Å². The van der Waals surface area contributed by atoms with E-state index in [2.05, 4.69) is 24.1 Å². The number of aryl methyl sites for hydroxylation is 1. The number of carbonyl (C=O) groups excluding carboxylic acids is 1. The number of methoxy groups -OCH3 is 1. The first kappa shape index (κ1) is 26.0. The van der Waals surface area contributed by atoms with Crippen LogP contribution in [0.25, 0.3) is 20.9 Å². The molecule has 0 saturated heterocycles. The Bertz CT molecular complexity index is 1460. The molecule has 4 aromatic rings. The van der Waals surface area contributed by atoms with E-state index in [0.717, 1.165) is 39.4 Å². The highest BCUT2D eigenvalue weighted by Gasteiger charge is 2.19. The molecule has 1 aromatic carbocycles. The lowest BCUT2D eigenvalue weighted by Crippen LogP contribution is -2.07. The number of ether oxygens (including phenoxy) is 1. The lowest BCUT2D eigenvalue weighted by atomic mass is 10.0. The maximum Gasteiger partial charge on any atom is 0.341 e. The van der Waals surface area contributed by atoms with Crippen LogP contribution in [-0.2, 0) is 21.0 Å². The lowest BCUT2D eigenvalue weighted by Gasteiger charge is -2.09. The fraction of sp³-hybridized carbons (Fsp3) is 0.269. The molecule has 0 unspecified atom stereocenters. The van der Waals surface area contributed by atoms with Crippen LogP contribution in [0.2, 0.25) is 0 Å². The number of pyridine rings is 1. The fourth-order valence-electron chi connectivity index (χ4n) is 3.59. The molecule has 10 heteroatoms. The van der Waals surface area contributed by atoms with Gasteiger partial charge >= 0.3 is 5.97 Å². The molecule has 0 saturated carbocycles. The summed E-state index contributed by atoms with van der Waals surface area (Å²) in [7, 11) is -1.94. The minimum Gasteiger partial charge on any atom is -0.465 e. The largest absolute Gasteiger partial charge is 0.465 e. The van der Waals surface area contributed by atoms with Gasteiger partial charge in [0.05, 0.1) is 22.6 Å². The summed E-state index contributed by atoms with van der Waals surface area (Å²) in [5.74, 6) is 0.378. The van der Waals surface area contributed by atoms with Gasteiger partial charge in [-0.15, -0.1) is 11.3 Å². The Morgan fingerprint density at radius 1 is 1.14 bits per heavy atom. The maximum absolute atomic E-state index is 12.6. The molecule has 0 aliphatic heterocycles. The molecule has 0 amide bonds. The molecule has 1 N–H and O–H groups in total. The molecular formula is C26H27N3O4S3. The Morgan fingerprint density at radius 3 is 2.50 bits per heavy atom. The number of anilines is 2. The summed E-state index contributed by atoms with van der Waals surface area (Å²) >= 11 is 3.01. The van der Waals surface area contributed by atoms with Gasteiger partial charge in [0.15, 0.2) is 15.0 Å². The van der Waals surface area contributed by atoms with Gasteiger partial charge in [-0.2, -0.15) is 0 Å². The second kappa shape index (κ2) is 10.9. The van der Waals surface area contributed by atoms with E-state index in [1.54, 1.807) is 47.9 Å².